The number of rotatable bonds is 15. The van der Waals surface area contributed by atoms with Gasteiger partial charge in [-0.1, -0.05) is 75.4 Å². The molecule has 0 aliphatic heterocycles. The molecule has 2 rings (SSSR count). The van der Waals surface area contributed by atoms with Gasteiger partial charge in [0, 0.05) is 12.2 Å². The molecule has 0 aromatic heterocycles. The summed E-state index contributed by atoms with van der Waals surface area (Å²) in [5.74, 6) is -1.73. The number of primary amides is 1. The van der Waals surface area contributed by atoms with Gasteiger partial charge >= 0.3 is 6.09 Å². The molecular formula is C34H50N4O5. The second-order valence-corrected chi connectivity index (χ2v) is 12.2. The van der Waals surface area contributed by atoms with Gasteiger partial charge in [-0.05, 0) is 76.3 Å². The van der Waals surface area contributed by atoms with Crippen LogP contribution in [0.25, 0.3) is 0 Å². The molecule has 0 aliphatic carbocycles. The topological polar surface area (TPSA) is 131 Å². The Labute approximate surface area is 256 Å². The molecule has 9 heteroatoms. The molecule has 0 saturated carbocycles. The average molecular weight is 595 g/mol. The zero-order chi connectivity index (χ0) is 32.2. The second kappa shape index (κ2) is 16.7. The number of ether oxygens (including phenoxy) is 1. The Kier molecular flexibility index (Phi) is 13.7. The van der Waals surface area contributed by atoms with Gasteiger partial charge in [0.25, 0.3) is 5.91 Å². The summed E-state index contributed by atoms with van der Waals surface area (Å²) in [7, 11) is 0. The number of nitrogens with two attached hydrogens (primary N) is 1. The van der Waals surface area contributed by atoms with Crippen LogP contribution in [-0.2, 0) is 19.1 Å². The first-order valence-corrected chi connectivity index (χ1v) is 15.3. The summed E-state index contributed by atoms with van der Waals surface area (Å²) in [5.41, 5.74) is 8.61. The Hall–Kier alpha value is -3.88. The Balaban J connectivity index is 2.60. The minimum absolute atomic E-state index is 0.246. The van der Waals surface area contributed by atoms with Crippen molar-refractivity contribution >= 4 is 29.5 Å². The molecule has 236 valence electrons. The summed E-state index contributed by atoms with van der Waals surface area (Å²) in [6.07, 6.45) is 4.55. The molecule has 0 fully saturated rings. The van der Waals surface area contributed by atoms with E-state index in [4.69, 9.17) is 10.5 Å². The van der Waals surface area contributed by atoms with Crippen molar-refractivity contribution < 1.29 is 23.9 Å². The molecule has 0 radical (unpaired) electrons. The molecule has 0 bridgehead atoms. The number of benzene rings is 2. The summed E-state index contributed by atoms with van der Waals surface area (Å²) in [5, 5.41) is 5.58. The quantitative estimate of drug-likeness (QED) is 0.210. The normalized spacial score (nSPS) is 12.6. The number of alkyl carbamates (subject to hydrolysis) is 1. The van der Waals surface area contributed by atoms with E-state index in [-0.39, 0.29) is 12.5 Å². The summed E-state index contributed by atoms with van der Waals surface area (Å²) in [6, 6.07) is 10.8. The maximum absolute atomic E-state index is 14.4. The second-order valence-electron chi connectivity index (χ2n) is 12.2. The van der Waals surface area contributed by atoms with Crippen LogP contribution in [0.4, 0.5) is 10.5 Å². The van der Waals surface area contributed by atoms with Crippen molar-refractivity contribution in [3.8, 4) is 0 Å². The van der Waals surface area contributed by atoms with Crippen LogP contribution in [0.5, 0.6) is 0 Å². The molecule has 2 aromatic carbocycles. The fourth-order valence-electron chi connectivity index (χ4n) is 5.08. The van der Waals surface area contributed by atoms with Crippen LogP contribution in [0, 0.1) is 20.8 Å². The molecule has 4 amide bonds. The van der Waals surface area contributed by atoms with Gasteiger partial charge in [0.05, 0.1) is 6.42 Å². The number of aryl methyl sites for hydroxylation is 3. The van der Waals surface area contributed by atoms with Crippen molar-refractivity contribution in [2.75, 3.05) is 11.9 Å². The molecular weight excluding hydrogens is 544 g/mol. The predicted octanol–water partition coefficient (Wildman–Crippen LogP) is 6.25. The van der Waals surface area contributed by atoms with Gasteiger partial charge in [-0.25, -0.2) is 4.79 Å². The fourth-order valence-corrected chi connectivity index (χ4v) is 5.08. The van der Waals surface area contributed by atoms with E-state index in [1.165, 1.54) is 4.90 Å². The Morgan fingerprint density at radius 2 is 1.44 bits per heavy atom. The van der Waals surface area contributed by atoms with Crippen LogP contribution in [0.3, 0.4) is 0 Å². The van der Waals surface area contributed by atoms with Crippen LogP contribution in [-0.4, -0.2) is 46.9 Å². The van der Waals surface area contributed by atoms with Gasteiger partial charge in [-0.15, -0.1) is 0 Å². The number of carbonyl (C=O) groups is 4. The maximum Gasteiger partial charge on any atom is 0.408 e. The van der Waals surface area contributed by atoms with Gasteiger partial charge in [0.15, 0.2) is 0 Å². The highest BCUT2D eigenvalue weighted by atomic mass is 16.6. The molecule has 0 saturated heterocycles. The lowest BCUT2D eigenvalue weighted by molar-refractivity contribution is -0.142. The highest BCUT2D eigenvalue weighted by Gasteiger charge is 2.38. The van der Waals surface area contributed by atoms with Crippen molar-refractivity contribution in [3.63, 3.8) is 0 Å². The summed E-state index contributed by atoms with van der Waals surface area (Å²) in [6.45, 7) is 13.2. The van der Waals surface area contributed by atoms with Gasteiger partial charge in [-0.2, -0.15) is 0 Å². The monoisotopic (exact) mass is 594 g/mol. The van der Waals surface area contributed by atoms with Crippen LogP contribution in [0.2, 0.25) is 0 Å². The Morgan fingerprint density at radius 1 is 0.860 bits per heavy atom. The standard InChI is InChI=1S/C34H50N4O5/c1-8-9-10-11-12-15-21-38(32(41)27(22-28(35)39)37-33(42)43-34(5,6)7)30(29-24(3)18-16-19-25(29)4)31(40)36-26-20-14-13-17-23(26)2/h13-14,16-20,27,30H,8-12,15,21-22H2,1-7H3,(H2,35,39)(H,36,40)(H,37,42). The third kappa shape index (κ3) is 11.4. The number of anilines is 1. The molecule has 2 unspecified atom stereocenters. The molecule has 2 aromatic rings. The SMILES string of the molecule is CCCCCCCCN(C(=O)C(CC(N)=O)NC(=O)OC(C)(C)C)C(C(=O)Nc1ccccc1C)c1c(C)cccc1C. The molecule has 0 heterocycles. The van der Waals surface area contributed by atoms with E-state index in [1.807, 2.05) is 63.2 Å². The lowest BCUT2D eigenvalue weighted by Crippen LogP contribution is -2.54. The van der Waals surface area contributed by atoms with E-state index in [1.54, 1.807) is 20.8 Å². The average Bonchev–Trinajstić information content (AvgIpc) is 2.90. The number of para-hydroxylation sites is 1. The van der Waals surface area contributed by atoms with Gasteiger partial charge in [0.1, 0.15) is 17.7 Å². The van der Waals surface area contributed by atoms with E-state index < -0.39 is 42.0 Å². The van der Waals surface area contributed by atoms with E-state index >= 15 is 0 Å². The maximum atomic E-state index is 14.4. The number of nitrogens with one attached hydrogen (secondary N) is 2. The number of unbranched alkanes of at least 4 members (excludes halogenated alkanes) is 5. The highest BCUT2D eigenvalue weighted by Crippen LogP contribution is 2.31. The smallest absolute Gasteiger partial charge is 0.408 e. The Bertz CT molecular complexity index is 1230. The number of carbonyl (C=O) groups excluding carboxylic acids is 4. The summed E-state index contributed by atoms with van der Waals surface area (Å²) >= 11 is 0. The van der Waals surface area contributed by atoms with Crippen molar-refractivity contribution in [1.82, 2.24) is 10.2 Å². The van der Waals surface area contributed by atoms with Crippen molar-refractivity contribution in [2.24, 2.45) is 5.73 Å². The molecule has 2 atom stereocenters. The first kappa shape index (κ1) is 35.3. The van der Waals surface area contributed by atoms with Crippen molar-refractivity contribution in [2.45, 2.75) is 111 Å². The molecule has 0 spiro atoms. The van der Waals surface area contributed by atoms with Crippen LogP contribution < -0.4 is 16.4 Å². The predicted molar refractivity (Wildman–Crippen MR) is 171 cm³/mol. The van der Waals surface area contributed by atoms with Gasteiger partial charge in [0.2, 0.25) is 11.8 Å². The zero-order valence-electron chi connectivity index (χ0n) is 26.9. The number of hydrogen-bond acceptors (Lipinski definition) is 5. The Morgan fingerprint density at radius 3 is 2.02 bits per heavy atom. The minimum atomic E-state index is -1.31. The summed E-state index contributed by atoms with van der Waals surface area (Å²) in [4.78, 5) is 55.0. The van der Waals surface area contributed by atoms with E-state index in [2.05, 4.69) is 17.6 Å². The molecule has 9 nitrogen and oxygen atoms in total. The minimum Gasteiger partial charge on any atom is -0.444 e. The van der Waals surface area contributed by atoms with E-state index in [0.29, 0.717) is 17.7 Å². The highest BCUT2D eigenvalue weighted by molar-refractivity contribution is 6.00. The zero-order valence-corrected chi connectivity index (χ0v) is 26.9. The van der Waals surface area contributed by atoms with E-state index in [9.17, 15) is 19.2 Å². The lowest BCUT2D eigenvalue weighted by atomic mass is 9.93. The van der Waals surface area contributed by atoms with Crippen LogP contribution >= 0.6 is 0 Å². The third-order valence-corrected chi connectivity index (χ3v) is 7.21. The van der Waals surface area contributed by atoms with Gasteiger partial charge in [-0.3, -0.25) is 14.4 Å². The molecule has 4 N–H and O–H groups in total. The van der Waals surface area contributed by atoms with Gasteiger partial charge < -0.3 is 26.0 Å². The third-order valence-electron chi connectivity index (χ3n) is 7.21. The lowest BCUT2D eigenvalue weighted by Gasteiger charge is -2.35. The first-order valence-electron chi connectivity index (χ1n) is 15.3. The van der Waals surface area contributed by atoms with Crippen molar-refractivity contribution in [1.29, 1.82) is 0 Å². The molecule has 43 heavy (non-hydrogen) atoms. The first-order chi connectivity index (χ1) is 20.2. The van der Waals surface area contributed by atoms with Crippen molar-refractivity contribution in [3.05, 3.63) is 64.7 Å². The fraction of sp³-hybridized carbons (Fsp3) is 0.529. The summed E-state index contributed by atoms with van der Waals surface area (Å²) < 4.78 is 5.39. The number of hydrogen-bond donors (Lipinski definition) is 3. The van der Waals surface area contributed by atoms with Crippen LogP contribution in [0.1, 0.15) is 101 Å². The van der Waals surface area contributed by atoms with E-state index in [0.717, 1.165) is 48.8 Å². The largest absolute Gasteiger partial charge is 0.444 e. The number of nitrogens with zero attached hydrogens (tertiary/aromatic N) is 1. The van der Waals surface area contributed by atoms with Crippen LogP contribution in [0.15, 0.2) is 42.5 Å². The number of amides is 4. The molecule has 0 aliphatic rings.